The molecule has 8 heteroatoms. The molecular weight excluding hydrogens is 511 g/mol. The first-order valence-electron chi connectivity index (χ1n) is 10.7. The molecule has 170 valence electrons. The molecule has 1 saturated heterocycles. The van der Waals surface area contributed by atoms with Crippen molar-refractivity contribution in [3.63, 3.8) is 0 Å². The second-order valence-electron chi connectivity index (χ2n) is 9.17. The maximum atomic E-state index is 12.3. The minimum Gasteiger partial charge on any atom is -0.354 e. The van der Waals surface area contributed by atoms with Crippen LogP contribution in [0.25, 0.3) is 0 Å². The zero-order valence-electron chi connectivity index (χ0n) is 18.6. The molecule has 1 aromatic carbocycles. The monoisotopic (exact) mass is 548 g/mol. The molecule has 1 heterocycles. The molecule has 1 atom stereocenters. The minimum absolute atomic E-state index is 0. The highest BCUT2D eigenvalue weighted by Gasteiger charge is 2.41. The van der Waals surface area contributed by atoms with Crippen molar-refractivity contribution < 1.29 is 8.42 Å². The van der Waals surface area contributed by atoms with E-state index in [1.54, 1.807) is 7.05 Å². The molecule has 2 aliphatic rings. The number of aliphatic imine (C=N–C) groups is 1. The van der Waals surface area contributed by atoms with Gasteiger partial charge in [-0.3, -0.25) is 4.99 Å². The van der Waals surface area contributed by atoms with E-state index < -0.39 is 14.6 Å². The van der Waals surface area contributed by atoms with E-state index in [1.807, 2.05) is 19.9 Å². The standard InChI is InChI=1S/C22H36N4O2S.HI/c1-18(19-10-6-5-7-11-19)25-22(12-8-9-13-22)16-24-20(23-4)26-14-15-29(27,28)21(2,3)17-26;/h5-7,10-11,18,25H,8-9,12-17H2,1-4H3,(H,23,24);1H. The van der Waals surface area contributed by atoms with Gasteiger partial charge >= 0.3 is 0 Å². The summed E-state index contributed by atoms with van der Waals surface area (Å²) >= 11 is 0. The minimum atomic E-state index is -3.06. The topological polar surface area (TPSA) is 73.8 Å². The van der Waals surface area contributed by atoms with Crippen molar-refractivity contribution in [2.24, 2.45) is 4.99 Å². The highest BCUT2D eigenvalue weighted by atomic mass is 127. The molecule has 2 fully saturated rings. The Balaban J connectivity index is 0.00000320. The summed E-state index contributed by atoms with van der Waals surface area (Å²) in [6.07, 6.45) is 4.72. The quantitative estimate of drug-likeness (QED) is 0.336. The molecule has 0 bridgehead atoms. The Bertz CT molecular complexity index is 821. The van der Waals surface area contributed by atoms with Crippen molar-refractivity contribution in [1.82, 2.24) is 15.5 Å². The van der Waals surface area contributed by atoms with Crippen LogP contribution in [0.4, 0.5) is 0 Å². The lowest BCUT2D eigenvalue weighted by atomic mass is 9.94. The third kappa shape index (κ3) is 5.68. The molecule has 1 aromatic rings. The Morgan fingerprint density at radius 2 is 1.83 bits per heavy atom. The van der Waals surface area contributed by atoms with E-state index in [1.165, 1.54) is 18.4 Å². The van der Waals surface area contributed by atoms with Crippen LogP contribution in [-0.2, 0) is 9.84 Å². The van der Waals surface area contributed by atoms with Crippen LogP contribution in [0.2, 0.25) is 0 Å². The van der Waals surface area contributed by atoms with E-state index in [0.717, 1.165) is 25.3 Å². The van der Waals surface area contributed by atoms with E-state index >= 15 is 0 Å². The van der Waals surface area contributed by atoms with Crippen molar-refractivity contribution in [2.75, 3.05) is 32.4 Å². The zero-order chi connectivity index (χ0) is 21.1. The number of nitrogens with zero attached hydrogens (tertiary/aromatic N) is 2. The third-order valence-corrected chi connectivity index (χ3v) is 9.06. The molecule has 6 nitrogen and oxygen atoms in total. The molecule has 1 aliphatic carbocycles. The van der Waals surface area contributed by atoms with Crippen molar-refractivity contribution >= 4 is 39.8 Å². The molecule has 0 radical (unpaired) electrons. The molecule has 1 unspecified atom stereocenters. The first-order chi connectivity index (χ1) is 13.7. The van der Waals surface area contributed by atoms with Crippen LogP contribution in [0.5, 0.6) is 0 Å². The molecule has 2 N–H and O–H groups in total. The molecule has 0 aromatic heterocycles. The highest BCUT2D eigenvalue weighted by molar-refractivity contribution is 14.0. The fourth-order valence-corrected chi connectivity index (χ4v) is 5.98. The fourth-order valence-electron chi connectivity index (χ4n) is 4.61. The van der Waals surface area contributed by atoms with Gasteiger partial charge in [0.1, 0.15) is 0 Å². The number of hydrogen-bond acceptors (Lipinski definition) is 4. The summed E-state index contributed by atoms with van der Waals surface area (Å²) in [6, 6.07) is 10.8. The van der Waals surface area contributed by atoms with Crippen LogP contribution in [0.15, 0.2) is 35.3 Å². The van der Waals surface area contributed by atoms with Crippen LogP contribution >= 0.6 is 24.0 Å². The second kappa shape index (κ2) is 10.2. The summed E-state index contributed by atoms with van der Waals surface area (Å²) in [6.45, 7) is 7.59. The Morgan fingerprint density at radius 3 is 2.40 bits per heavy atom. The third-order valence-electron chi connectivity index (χ3n) is 6.52. The lowest BCUT2D eigenvalue weighted by Gasteiger charge is -2.40. The van der Waals surface area contributed by atoms with Crippen LogP contribution in [0.1, 0.15) is 58.1 Å². The van der Waals surface area contributed by atoms with Gasteiger partial charge in [0.25, 0.3) is 0 Å². The lowest BCUT2D eigenvalue weighted by Crippen LogP contribution is -2.60. The summed E-state index contributed by atoms with van der Waals surface area (Å²) in [5.41, 5.74) is 1.33. The van der Waals surface area contributed by atoms with E-state index in [-0.39, 0.29) is 41.3 Å². The number of sulfone groups is 1. The first-order valence-corrected chi connectivity index (χ1v) is 12.3. The Kier molecular flexibility index (Phi) is 8.60. The normalized spacial score (nSPS) is 23.5. The SMILES string of the molecule is CN=C(NCC1(NC(C)c2ccccc2)CCCC1)N1CCS(=O)(=O)C(C)(C)C1.I. The van der Waals surface area contributed by atoms with Crippen molar-refractivity contribution in [2.45, 2.75) is 62.8 Å². The van der Waals surface area contributed by atoms with Crippen molar-refractivity contribution in [3.05, 3.63) is 35.9 Å². The van der Waals surface area contributed by atoms with Gasteiger partial charge in [-0.05, 0) is 39.2 Å². The van der Waals surface area contributed by atoms with Gasteiger partial charge in [0.2, 0.25) is 0 Å². The average molecular weight is 549 g/mol. The number of hydrogen-bond donors (Lipinski definition) is 2. The molecule has 1 aliphatic heterocycles. The molecule has 0 spiro atoms. The van der Waals surface area contributed by atoms with Gasteiger partial charge in [0.05, 0.1) is 10.5 Å². The number of halogens is 1. The Hall–Kier alpha value is -0.870. The molecular formula is C22H37IN4O2S. The van der Waals surface area contributed by atoms with Gasteiger partial charge in [-0.15, -0.1) is 24.0 Å². The van der Waals surface area contributed by atoms with Gasteiger partial charge < -0.3 is 15.5 Å². The lowest BCUT2D eigenvalue weighted by molar-refractivity contribution is 0.288. The van der Waals surface area contributed by atoms with Crippen LogP contribution < -0.4 is 10.6 Å². The number of benzene rings is 1. The van der Waals surface area contributed by atoms with Gasteiger partial charge in [0.15, 0.2) is 15.8 Å². The van der Waals surface area contributed by atoms with Crippen LogP contribution in [-0.4, -0.2) is 62.0 Å². The fraction of sp³-hybridized carbons (Fsp3) is 0.682. The molecule has 30 heavy (non-hydrogen) atoms. The first kappa shape index (κ1) is 25.4. The summed E-state index contributed by atoms with van der Waals surface area (Å²) in [7, 11) is -1.28. The Labute approximate surface area is 199 Å². The summed E-state index contributed by atoms with van der Waals surface area (Å²) in [4.78, 5) is 6.55. The molecule has 3 rings (SSSR count). The van der Waals surface area contributed by atoms with E-state index in [9.17, 15) is 8.42 Å². The Morgan fingerprint density at radius 1 is 1.20 bits per heavy atom. The van der Waals surface area contributed by atoms with E-state index in [2.05, 4.69) is 51.7 Å². The van der Waals surface area contributed by atoms with E-state index in [0.29, 0.717) is 13.1 Å². The van der Waals surface area contributed by atoms with Crippen LogP contribution in [0.3, 0.4) is 0 Å². The average Bonchev–Trinajstić information content (AvgIpc) is 3.14. The second-order valence-corrected chi connectivity index (χ2v) is 11.9. The maximum absolute atomic E-state index is 12.3. The summed E-state index contributed by atoms with van der Waals surface area (Å²) < 4.78 is 23.9. The number of nitrogens with one attached hydrogen (secondary N) is 2. The van der Waals surface area contributed by atoms with Crippen molar-refractivity contribution in [1.29, 1.82) is 0 Å². The van der Waals surface area contributed by atoms with E-state index in [4.69, 9.17) is 0 Å². The van der Waals surface area contributed by atoms with Gasteiger partial charge in [-0.1, -0.05) is 43.2 Å². The predicted octanol–water partition coefficient (Wildman–Crippen LogP) is 3.35. The zero-order valence-corrected chi connectivity index (χ0v) is 21.8. The number of guanidine groups is 1. The van der Waals surface area contributed by atoms with Crippen molar-refractivity contribution in [3.8, 4) is 0 Å². The predicted molar refractivity (Wildman–Crippen MR) is 135 cm³/mol. The smallest absolute Gasteiger partial charge is 0.193 e. The largest absolute Gasteiger partial charge is 0.354 e. The van der Waals surface area contributed by atoms with Gasteiger partial charge in [-0.25, -0.2) is 8.42 Å². The highest BCUT2D eigenvalue weighted by Crippen LogP contribution is 2.32. The van der Waals surface area contributed by atoms with Gasteiger partial charge in [-0.2, -0.15) is 0 Å². The van der Waals surface area contributed by atoms with Gasteiger partial charge in [0, 0.05) is 38.3 Å². The summed E-state index contributed by atoms with van der Waals surface area (Å²) in [5.74, 6) is 0.975. The molecule has 0 amide bonds. The summed E-state index contributed by atoms with van der Waals surface area (Å²) in [5, 5.41) is 7.45. The number of rotatable bonds is 5. The molecule has 1 saturated carbocycles. The maximum Gasteiger partial charge on any atom is 0.193 e. The van der Waals surface area contributed by atoms with Crippen LogP contribution in [0, 0.1) is 0 Å².